The Balaban J connectivity index is 2.89. The molecule has 1 aromatic carbocycles. The van der Waals surface area contributed by atoms with Crippen molar-refractivity contribution in [3.05, 3.63) is 47.4 Å². The quantitative estimate of drug-likeness (QED) is 0.563. The van der Waals surface area contributed by atoms with Crippen LogP contribution in [0.3, 0.4) is 0 Å². The van der Waals surface area contributed by atoms with E-state index in [9.17, 15) is 0 Å². The molecule has 1 aromatic rings. The minimum atomic E-state index is 0.537. The standard InChI is InChI=1S/C14H20N4/c1-4-17-13-9-12(7-5-10(13)2)18-14(16)8-6-11(3)15/h4-9,18H,15-16H2,1-3H3/b11-6-,14-8+,17-4?. The molecule has 0 bridgehead atoms. The summed E-state index contributed by atoms with van der Waals surface area (Å²) in [4.78, 5) is 4.29. The molecule has 0 spiro atoms. The van der Waals surface area contributed by atoms with Crippen molar-refractivity contribution in [1.29, 1.82) is 0 Å². The zero-order valence-electron chi connectivity index (χ0n) is 11.1. The average molecular weight is 244 g/mol. The van der Waals surface area contributed by atoms with Crippen molar-refractivity contribution in [1.82, 2.24) is 0 Å². The van der Waals surface area contributed by atoms with E-state index in [1.165, 1.54) is 0 Å². The first-order valence-corrected chi connectivity index (χ1v) is 5.79. The van der Waals surface area contributed by atoms with Crippen molar-refractivity contribution < 1.29 is 0 Å². The van der Waals surface area contributed by atoms with Crippen molar-refractivity contribution in [2.45, 2.75) is 20.8 Å². The molecule has 0 aliphatic carbocycles. The summed E-state index contributed by atoms with van der Waals surface area (Å²) >= 11 is 0. The summed E-state index contributed by atoms with van der Waals surface area (Å²) in [5, 5.41) is 3.09. The van der Waals surface area contributed by atoms with Gasteiger partial charge in [0.25, 0.3) is 0 Å². The van der Waals surface area contributed by atoms with Crippen LogP contribution in [0.1, 0.15) is 19.4 Å². The maximum absolute atomic E-state index is 5.83. The SMILES string of the molecule is CC=Nc1cc(N/C(N)=C/C=C(/C)N)ccc1C. The summed E-state index contributed by atoms with van der Waals surface area (Å²) in [6.07, 6.45) is 5.26. The molecule has 0 atom stereocenters. The molecular weight excluding hydrogens is 224 g/mol. The van der Waals surface area contributed by atoms with Gasteiger partial charge >= 0.3 is 0 Å². The van der Waals surface area contributed by atoms with E-state index in [-0.39, 0.29) is 0 Å². The summed E-state index contributed by atoms with van der Waals surface area (Å²) in [5.41, 5.74) is 15.0. The van der Waals surface area contributed by atoms with E-state index in [1.54, 1.807) is 18.4 Å². The number of benzene rings is 1. The van der Waals surface area contributed by atoms with Gasteiger partial charge in [0.2, 0.25) is 0 Å². The van der Waals surface area contributed by atoms with Gasteiger partial charge in [0, 0.05) is 17.6 Å². The molecule has 4 nitrogen and oxygen atoms in total. The molecule has 0 heterocycles. The molecule has 1 rings (SSSR count). The van der Waals surface area contributed by atoms with E-state index in [2.05, 4.69) is 10.3 Å². The Morgan fingerprint density at radius 1 is 1.28 bits per heavy atom. The number of nitrogens with zero attached hydrogens (tertiary/aromatic N) is 1. The average Bonchev–Trinajstić information content (AvgIpc) is 2.31. The number of hydrogen-bond acceptors (Lipinski definition) is 4. The molecule has 0 unspecified atom stereocenters. The van der Waals surface area contributed by atoms with E-state index in [0.29, 0.717) is 11.5 Å². The van der Waals surface area contributed by atoms with Gasteiger partial charge in [-0.1, -0.05) is 6.07 Å². The van der Waals surface area contributed by atoms with Crippen LogP contribution in [0.25, 0.3) is 0 Å². The topological polar surface area (TPSA) is 76.4 Å². The van der Waals surface area contributed by atoms with E-state index >= 15 is 0 Å². The Morgan fingerprint density at radius 3 is 2.61 bits per heavy atom. The summed E-state index contributed by atoms with van der Waals surface area (Å²) < 4.78 is 0. The van der Waals surface area contributed by atoms with Crippen LogP contribution >= 0.6 is 0 Å². The third-order valence-corrected chi connectivity index (χ3v) is 2.29. The van der Waals surface area contributed by atoms with E-state index in [0.717, 1.165) is 16.9 Å². The van der Waals surface area contributed by atoms with Gasteiger partial charge in [-0.25, -0.2) is 0 Å². The predicted molar refractivity (Wildman–Crippen MR) is 78.8 cm³/mol. The van der Waals surface area contributed by atoms with Crippen LogP contribution in [0.5, 0.6) is 0 Å². The fourth-order valence-electron chi connectivity index (χ4n) is 1.39. The Hall–Kier alpha value is -2.23. The second-order valence-electron chi connectivity index (χ2n) is 4.05. The van der Waals surface area contributed by atoms with Gasteiger partial charge in [-0.3, -0.25) is 4.99 Å². The molecule has 0 aliphatic heterocycles. The molecule has 0 fully saturated rings. The fraction of sp³-hybridized carbons (Fsp3) is 0.214. The summed E-state index contributed by atoms with van der Waals surface area (Å²) in [6, 6.07) is 5.92. The van der Waals surface area contributed by atoms with E-state index < -0.39 is 0 Å². The molecule has 4 heteroatoms. The Kier molecular flexibility index (Phi) is 4.99. The molecule has 0 saturated carbocycles. The molecule has 0 aliphatic rings. The smallest absolute Gasteiger partial charge is 0.100 e. The Labute approximate surface area is 108 Å². The van der Waals surface area contributed by atoms with Crippen molar-refractivity contribution in [3.8, 4) is 0 Å². The highest BCUT2D eigenvalue weighted by Crippen LogP contribution is 2.23. The number of rotatable bonds is 4. The largest absolute Gasteiger partial charge is 0.402 e. The van der Waals surface area contributed by atoms with Crippen LogP contribution in [0.15, 0.2) is 46.9 Å². The molecule has 5 N–H and O–H groups in total. The molecule has 0 aromatic heterocycles. The predicted octanol–water partition coefficient (Wildman–Crippen LogP) is 2.79. The number of aliphatic imine (C=N–C) groups is 1. The highest BCUT2D eigenvalue weighted by molar-refractivity contribution is 5.66. The first kappa shape index (κ1) is 13.8. The first-order chi connectivity index (χ1) is 8.52. The van der Waals surface area contributed by atoms with E-state index in [4.69, 9.17) is 11.5 Å². The molecule has 18 heavy (non-hydrogen) atoms. The first-order valence-electron chi connectivity index (χ1n) is 5.79. The molecule has 96 valence electrons. The van der Waals surface area contributed by atoms with Gasteiger partial charge in [-0.2, -0.15) is 0 Å². The van der Waals surface area contributed by atoms with Crippen LogP contribution in [0.4, 0.5) is 11.4 Å². The lowest BCUT2D eigenvalue weighted by molar-refractivity contribution is 1.27. The van der Waals surface area contributed by atoms with Crippen molar-refractivity contribution >= 4 is 17.6 Å². The lowest BCUT2D eigenvalue weighted by Crippen LogP contribution is -2.08. The van der Waals surface area contributed by atoms with Crippen molar-refractivity contribution in [3.63, 3.8) is 0 Å². The Morgan fingerprint density at radius 2 is 2.00 bits per heavy atom. The van der Waals surface area contributed by atoms with Gasteiger partial charge in [0.1, 0.15) is 5.82 Å². The zero-order valence-corrected chi connectivity index (χ0v) is 11.1. The van der Waals surface area contributed by atoms with Gasteiger partial charge in [-0.05, 0) is 50.6 Å². The van der Waals surface area contributed by atoms with Crippen LogP contribution in [0.2, 0.25) is 0 Å². The van der Waals surface area contributed by atoms with Crippen LogP contribution in [-0.2, 0) is 0 Å². The molecule has 0 radical (unpaired) electrons. The van der Waals surface area contributed by atoms with Crippen molar-refractivity contribution in [2.24, 2.45) is 16.5 Å². The van der Waals surface area contributed by atoms with Gasteiger partial charge in [0.15, 0.2) is 0 Å². The summed E-state index contributed by atoms with van der Waals surface area (Å²) in [6.45, 7) is 5.72. The molecule has 0 saturated heterocycles. The lowest BCUT2D eigenvalue weighted by atomic mass is 10.2. The fourth-order valence-corrected chi connectivity index (χ4v) is 1.39. The maximum atomic E-state index is 5.83. The highest BCUT2D eigenvalue weighted by Gasteiger charge is 1.98. The lowest BCUT2D eigenvalue weighted by Gasteiger charge is -2.08. The summed E-state index contributed by atoms with van der Waals surface area (Å²) in [5.74, 6) is 0.537. The van der Waals surface area contributed by atoms with Gasteiger partial charge in [-0.15, -0.1) is 0 Å². The van der Waals surface area contributed by atoms with Gasteiger partial charge in [0.05, 0.1) is 5.69 Å². The number of anilines is 1. The number of nitrogens with one attached hydrogen (secondary N) is 1. The monoisotopic (exact) mass is 244 g/mol. The highest BCUT2D eigenvalue weighted by atomic mass is 15.0. The normalized spacial score (nSPS) is 13.1. The molecular formula is C14H20N4. The number of allylic oxidation sites excluding steroid dienone is 3. The van der Waals surface area contributed by atoms with Crippen LogP contribution in [-0.4, -0.2) is 6.21 Å². The third-order valence-electron chi connectivity index (χ3n) is 2.29. The minimum absolute atomic E-state index is 0.537. The van der Waals surface area contributed by atoms with Crippen LogP contribution in [0, 0.1) is 6.92 Å². The number of nitrogens with two attached hydrogens (primary N) is 2. The minimum Gasteiger partial charge on any atom is -0.402 e. The Bertz CT molecular complexity index is 495. The second kappa shape index (κ2) is 6.49. The third kappa shape index (κ3) is 4.33. The number of aryl methyl sites for hydroxylation is 1. The van der Waals surface area contributed by atoms with Crippen LogP contribution < -0.4 is 16.8 Å². The molecule has 0 amide bonds. The van der Waals surface area contributed by atoms with Gasteiger partial charge < -0.3 is 16.8 Å². The zero-order chi connectivity index (χ0) is 13.5. The maximum Gasteiger partial charge on any atom is 0.100 e. The second-order valence-corrected chi connectivity index (χ2v) is 4.05. The van der Waals surface area contributed by atoms with Crippen molar-refractivity contribution in [2.75, 3.05) is 5.32 Å². The summed E-state index contributed by atoms with van der Waals surface area (Å²) in [7, 11) is 0. The van der Waals surface area contributed by atoms with E-state index in [1.807, 2.05) is 39.0 Å². The number of hydrogen-bond donors (Lipinski definition) is 3.